The SMILES string of the molecule is Cc1c(NC(=O)CCCOc2ccccc2Br)cccc1C(=O)Nc1ccccc1. The standard InChI is InChI=1S/C24H23BrN2O3/c1-17-19(24(29)26-18-9-3-2-4-10-18)11-7-13-21(17)27-23(28)15-8-16-30-22-14-6-5-12-20(22)25/h2-7,9-14H,8,15-16H2,1H3,(H,26,29)(H,27,28). The molecule has 0 bridgehead atoms. The summed E-state index contributed by atoms with van der Waals surface area (Å²) in [4.78, 5) is 24.9. The number of nitrogens with one attached hydrogen (secondary N) is 2. The molecule has 0 unspecified atom stereocenters. The molecular formula is C24H23BrN2O3. The minimum absolute atomic E-state index is 0.116. The summed E-state index contributed by atoms with van der Waals surface area (Å²) in [6, 6.07) is 22.2. The molecule has 5 nitrogen and oxygen atoms in total. The molecule has 0 aliphatic heterocycles. The van der Waals surface area contributed by atoms with Crippen LogP contribution < -0.4 is 15.4 Å². The molecule has 2 amide bonds. The van der Waals surface area contributed by atoms with Crippen molar-refractivity contribution in [3.63, 3.8) is 0 Å². The molecule has 0 saturated carbocycles. The fraction of sp³-hybridized carbons (Fsp3) is 0.167. The lowest BCUT2D eigenvalue weighted by molar-refractivity contribution is -0.116. The number of carbonyl (C=O) groups is 2. The Kier molecular flexibility index (Phi) is 7.63. The molecular weight excluding hydrogens is 444 g/mol. The van der Waals surface area contributed by atoms with Gasteiger partial charge in [0.1, 0.15) is 5.75 Å². The Balaban J connectivity index is 1.53. The van der Waals surface area contributed by atoms with E-state index in [9.17, 15) is 9.59 Å². The van der Waals surface area contributed by atoms with Crippen molar-refractivity contribution in [2.75, 3.05) is 17.2 Å². The van der Waals surface area contributed by atoms with Gasteiger partial charge >= 0.3 is 0 Å². The molecule has 3 aromatic rings. The Labute approximate surface area is 184 Å². The topological polar surface area (TPSA) is 67.4 Å². The molecule has 0 aromatic heterocycles. The molecule has 3 aromatic carbocycles. The van der Waals surface area contributed by atoms with E-state index in [0.29, 0.717) is 30.7 Å². The number of carbonyl (C=O) groups excluding carboxylic acids is 2. The average Bonchev–Trinajstić information content (AvgIpc) is 2.74. The van der Waals surface area contributed by atoms with Gasteiger partial charge < -0.3 is 15.4 Å². The average molecular weight is 467 g/mol. The first-order chi connectivity index (χ1) is 14.5. The first-order valence-electron chi connectivity index (χ1n) is 9.68. The summed E-state index contributed by atoms with van der Waals surface area (Å²) in [5.41, 5.74) is 2.60. The van der Waals surface area contributed by atoms with Crippen LogP contribution in [0.4, 0.5) is 11.4 Å². The molecule has 0 aliphatic rings. The predicted molar refractivity (Wildman–Crippen MR) is 123 cm³/mol. The van der Waals surface area contributed by atoms with Crippen molar-refractivity contribution in [2.45, 2.75) is 19.8 Å². The van der Waals surface area contributed by atoms with Crippen molar-refractivity contribution >= 4 is 39.1 Å². The highest BCUT2D eigenvalue weighted by atomic mass is 79.9. The minimum Gasteiger partial charge on any atom is -0.492 e. The largest absolute Gasteiger partial charge is 0.492 e. The number of hydrogen-bond acceptors (Lipinski definition) is 3. The Morgan fingerprint density at radius 3 is 2.40 bits per heavy atom. The van der Waals surface area contributed by atoms with E-state index in [1.54, 1.807) is 18.2 Å². The third-order valence-electron chi connectivity index (χ3n) is 4.53. The number of halogens is 1. The molecule has 0 fully saturated rings. The Morgan fingerprint density at radius 1 is 0.900 bits per heavy atom. The van der Waals surface area contributed by atoms with E-state index in [1.807, 2.05) is 61.5 Å². The maximum Gasteiger partial charge on any atom is 0.256 e. The van der Waals surface area contributed by atoms with Gasteiger partial charge in [0.15, 0.2) is 0 Å². The van der Waals surface area contributed by atoms with Crippen LogP contribution in [0.15, 0.2) is 77.3 Å². The molecule has 0 atom stereocenters. The maximum absolute atomic E-state index is 12.6. The van der Waals surface area contributed by atoms with Crippen molar-refractivity contribution < 1.29 is 14.3 Å². The fourth-order valence-electron chi connectivity index (χ4n) is 2.93. The Hall–Kier alpha value is -3.12. The lowest BCUT2D eigenvalue weighted by Crippen LogP contribution is -2.17. The quantitative estimate of drug-likeness (QED) is 0.411. The van der Waals surface area contributed by atoms with Gasteiger partial charge in [0.05, 0.1) is 11.1 Å². The molecule has 2 N–H and O–H groups in total. The van der Waals surface area contributed by atoms with Crippen LogP contribution in [-0.2, 0) is 4.79 Å². The number of amides is 2. The van der Waals surface area contributed by atoms with Gasteiger partial charge in [-0.1, -0.05) is 36.4 Å². The van der Waals surface area contributed by atoms with E-state index in [0.717, 1.165) is 21.5 Å². The van der Waals surface area contributed by atoms with Crippen LogP contribution in [-0.4, -0.2) is 18.4 Å². The second-order valence-electron chi connectivity index (χ2n) is 6.73. The molecule has 3 rings (SSSR count). The third kappa shape index (κ3) is 5.94. The van der Waals surface area contributed by atoms with Gasteiger partial charge in [-0.3, -0.25) is 9.59 Å². The first-order valence-corrected chi connectivity index (χ1v) is 10.5. The lowest BCUT2D eigenvalue weighted by atomic mass is 10.1. The van der Waals surface area contributed by atoms with Gasteiger partial charge in [0, 0.05) is 23.4 Å². The molecule has 0 heterocycles. The van der Waals surface area contributed by atoms with Crippen LogP contribution in [0, 0.1) is 6.92 Å². The number of ether oxygens (including phenoxy) is 1. The van der Waals surface area contributed by atoms with Gasteiger partial charge in [0.2, 0.25) is 5.91 Å². The summed E-state index contributed by atoms with van der Waals surface area (Å²) in [5, 5.41) is 5.77. The van der Waals surface area contributed by atoms with Gasteiger partial charge in [-0.2, -0.15) is 0 Å². The fourth-order valence-corrected chi connectivity index (χ4v) is 3.33. The van der Waals surface area contributed by atoms with Crippen LogP contribution in [0.1, 0.15) is 28.8 Å². The molecule has 0 aliphatic carbocycles. The van der Waals surface area contributed by atoms with E-state index in [2.05, 4.69) is 26.6 Å². The Morgan fingerprint density at radius 2 is 1.63 bits per heavy atom. The van der Waals surface area contributed by atoms with Crippen molar-refractivity contribution in [1.82, 2.24) is 0 Å². The van der Waals surface area contributed by atoms with Crippen LogP contribution in [0.5, 0.6) is 5.75 Å². The van der Waals surface area contributed by atoms with Gasteiger partial charge in [-0.05, 0) is 71.2 Å². The summed E-state index contributed by atoms with van der Waals surface area (Å²) in [7, 11) is 0. The van der Waals surface area contributed by atoms with E-state index in [1.165, 1.54) is 0 Å². The molecule has 0 radical (unpaired) electrons. The molecule has 30 heavy (non-hydrogen) atoms. The van der Waals surface area contributed by atoms with E-state index in [4.69, 9.17) is 4.74 Å². The second kappa shape index (κ2) is 10.6. The predicted octanol–water partition coefficient (Wildman–Crippen LogP) is 5.81. The number of hydrogen-bond donors (Lipinski definition) is 2. The smallest absolute Gasteiger partial charge is 0.256 e. The Bertz CT molecular complexity index is 1020. The van der Waals surface area contributed by atoms with Gasteiger partial charge in [0.25, 0.3) is 5.91 Å². The molecule has 154 valence electrons. The van der Waals surface area contributed by atoms with Crippen molar-refractivity contribution in [3.8, 4) is 5.75 Å². The summed E-state index contributed by atoms with van der Waals surface area (Å²) >= 11 is 3.43. The third-order valence-corrected chi connectivity index (χ3v) is 5.18. The summed E-state index contributed by atoms with van der Waals surface area (Å²) in [6.45, 7) is 2.26. The van der Waals surface area contributed by atoms with Crippen molar-refractivity contribution in [1.29, 1.82) is 0 Å². The maximum atomic E-state index is 12.6. The van der Waals surface area contributed by atoms with E-state index < -0.39 is 0 Å². The van der Waals surface area contributed by atoms with Crippen LogP contribution >= 0.6 is 15.9 Å². The highest BCUT2D eigenvalue weighted by Gasteiger charge is 2.13. The second-order valence-corrected chi connectivity index (χ2v) is 7.58. The summed E-state index contributed by atoms with van der Waals surface area (Å²) < 4.78 is 6.57. The number of benzene rings is 3. The van der Waals surface area contributed by atoms with Crippen molar-refractivity contribution in [2.24, 2.45) is 0 Å². The molecule has 6 heteroatoms. The number of anilines is 2. The van der Waals surface area contributed by atoms with E-state index in [-0.39, 0.29) is 11.8 Å². The van der Waals surface area contributed by atoms with Crippen LogP contribution in [0.3, 0.4) is 0 Å². The normalized spacial score (nSPS) is 10.3. The number of para-hydroxylation sites is 2. The highest BCUT2D eigenvalue weighted by Crippen LogP contribution is 2.24. The minimum atomic E-state index is -0.211. The van der Waals surface area contributed by atoms with E-state index >= 15 is 0 Å². The number of rotatable bonds is 8. The zero-order valence-electron chi connectivity index (χ0n) is 16.7. The highest BCUT2D eigenvalue weighted by molar-refractivity contribution is 9.10. The monoisotopic (exact) mass is 466 g/mol. The zero-order valence-corrected chi connectivity index (χ0v) is 18.2. The lowest BCUT2D eigenvalue weighted by Gasteiger charge is -2.13. The molecule has 0 saturated heterocycles. The van der Waals surface area contributed by atoms with Crippen LogP contribution in [0.2, 0.25) is 0 Å². The summed E-state index contributed by atoms with van der Waals surface area (Å²) in [5.74, 6) is 0.428. The van der Waals surface area contributed by atoms with Crippen LogP contribution in [0.25, 0.3) is 0 Å². The molecule has 0 spiro atoms. The van der Waals surface area contributed by atoms with Gasteiger partial charge in [-0.25, -0.2) is 0 Å². The summed E-state index contributed by atoms with van der Waals surface area (Å²) in [6.07, 6.45) is 0.907. The van der Waals surface area contributed by atoms with Gasteiger partial charge in [-0.15, -0.1) is 0 Å². The zero-order chi connectivity index (χ0) is 21.3. The first kappa shape index (κ1) is 21.6. The van der Waals surface area contributed by atoms with Crippen molar-refractivity contribution in [3.05, 3.63) is 88.4 Å².